The molecule has 200 valence electrons. The van der Waals surface area contributed by atoms with Gasteiger partial charge in [0, 0.05) is 38.2 Å². The lowest BCUT2D eigenvalue weighted by Crippen LogP contribution is -2.48. The van der Waals surface area contributed by atoms with Crippen LogP contribution >= 0.6 is 12.2 Å². The maximum atomic E-state index is 13.1. The van der Waals surface area contributed by atoms with Crippen molar-refractivity contribution in [3.63, 3.8) is 0 Å². The number of rotatable bonds is 10. The molecule has 0 aromatic heterocycles. The van der Waals surface area contributed by atoms with E-state index in [1.165, 1.54) is 0 Å². The SMILES string of the molecule is CCOc1cc(C(=O)NC(=S)Nc2ccccc2N2CCN(C(=O)CC)CC2)cc(OCC)c1OCC. The van der Waals surface area contributed by atoms with Crippen LogP contribution in [0.25, 0.3) is 0 Å². The molecular weight excluding hydrogens is 492 g/mol. The molecule has 2 N–H and O–H groups in total. The number of nitrogens with zero attached hydrogens (tertiary/aromatic N) is 2. The number of benzene rings is 2. The molecule has 0 bridgehead atoms. The van der Waals surface area contributed by atoms with Gasteiger partial charge in [0.05, 0.1) is 31.2 Å². The molecule has 2 aromatic carbocycles. The van der Waals surface area contributed by atoms with Gasteiger partial charge in [-0.05, 0) is 57.3 Å². The largest absolute Gasteiger partial charge is 0.490 e. The molecule has 1 heterocycles. The molecular formula is C27H36N4O5S. The minimum absolute atomic E-state index is 0.169. The molecule has 1 aliphatic heterocycles. The summed E-state index contributed by atoms with van der Waals surface area (Å²) < 4.78 is 17.2. The van der Waals surface area contributed by atoms with Crippen molar-refractivity contribution >= 4 is 40.5 Å². The highest BCUT2D eigenvalue weighted by atomic mass is 32.1. The number of anilines is 2. The molecule has 0 atom stereocenters. The van der Waals surface area contributed by atoms with Gasteiger partial charge in [0.2, 0.25) is 11.7 Å². The predicted molar refractivity (Wildman–Crippen MR) is 149 cm³/mol. The first kappa shape index (κ1) is 28.0. The second kappa shape index (κ2) is 13.7. The Balaban J connectivity index is 1.72. The van der Waals surface area contributed by atoms with Gasteiger partial charge in [0.1, 0.15) is 0 Å². The van der Waals surface area contributed by atoms with Gasteiger partial charge in [0.25, 0.3) is 5.91 Å². The van der Waals surface area contributed by atoms with Crippen LogP contribution in [0.1, 0.15) is 44.5 Å². The molecule has 1 aliphatic rings. The van der Waals surface area contributed by atoms with Crippen molar-refractivity contribution in [1.29, 1.82) is 0 Å². The van der Waals surface area contributed by atoms with E-state index < -0.39 is 5.91 Å². The van der Waals surface area contributed by atoms with Crippen LogP contribution in [0.4, 0.5) is 11.4 Å². The second-order valence-electron chi connectivity index (χ2n) is 8.25. The van der Waals surface area contributed by atoms with E-state index >= 15 is 0 Å². The molecule has 1 fully saturated rings. The summed E-state index contributed by atoms with van der Waals surface area (Å²) >= 11 is 5.48. The average molecular weight is 529 g/mol. The summed E-state index contributed by atoms with van der Waals surface area (Å²) in [6.45, 7) is 11.5. The zero-order chi connectivity index (χ0) is 26.8. The van der Waals surface area contributed by atoms with Gasteiger partial charge in [-0.2, -0.15) is 0 Å². The molecule has 1 saturated heterocycles. The highest BCUT2D eigenvalue weighted by Gasteiger charge is 2.23. The van der Waals surface area contributed by atoms with E-state index in [2.05, 4.69) is 15.5 Å². The fraction of sp³-hybridized carbons (Fsp3) is 0.444. The first-order valence-electron chi connectivity index (χ1n) is 12.7. The van der Waals surface area contributed by atoms with E-state index in [4.69, 9.17) is 26.4 Å². The van der Waals surface area contributed by atoms with Gasteiger partial charge >= 0.3 is 0 Å². The Morgan fingerprint density at radius 2 is 1.49 bits per heavy atom. The average Bonchev–Trinajstić information content (AvgIpc) is 2.90. The normalized spacial score (nSPS) is 13.1. The Labute approximate surface area is 224 Å². The number of hydrogen-bond donors (Lipinski definition) is 2. The van der Waals surface area contributed by atoms with Crippen LogP contribution in [0.2, 0.25) is 0 Å². The molecule has 0 unspecified atom stereocenters. The van der Waals surface area contributed by atoms with Crippen molar-refractivity contribution in [2.24, 2.45) is 0 Å². The minimum atomic E-state index is -0.397. The van der Waals surface area contributed by atoms with Crippen LogP contribution in [-0.2, 0) is 4.79 Å². The molecule has 0 radical (unpaired) electrons. The van der Waals surface area contributed by atoms with Crippen LogP contribution in [0.3, 0.4) is 0 Å². The van der Waals surface area contributed by atoms with Crippen LogP contribution in [0, 0.1) is 0 Å². The predicted octanol–water partition coefficient (Wildman–Crippen LogP) is 4.07. The fourth-order valence-electron chi connectivity index (χ4n) is 4.12. The first-order valence-corrected chi connectivity index (χ1v) is 13.1. The maximum Gasteiger partial charge on any atom is 0.257 e. The monoisotopic (exact) mass is 528 g/mol. The summed E-state index contributed by atoms with van der Waals surface area (Å²) in [6.07, 6.45) is 0.512. The summed E-state index contributed by atoms with van der Waals surface area (Å²) in [5.74, 6) is 1.12. The fourth-order valence-corrected chi connectivity index (χ4v) is 4.33. The van der Waals surface area contributed by atoms with Crippen molar-refractivity contribution in [3.05, 3.63) is 42.0 Å². The number of nitrogens with one attached hydrogen (secondary N) is 2. The Morgan fingerprint density at radius 3 is 2.05 bits per heavy atom. The maximum absolute atomic E-state index is 13.1. The second-order valence-corrected chi connectivity index (χ2v) is 8.66. The number of ether oxygens (including phenoxy) is 3. The third-order valence-electron chi connectivity index (χ3n) is 5.83. The van der Waals surface area contributed by atoms with Crippen molar-refractivity contribution in [2.45, 2.75) is 34.1 Å². The molecule has 37 heavy (non-hydrogen) atoms. The number of carbonyl (C=O) groups excluding carboxylic acids is 2. The molecule has 9 nitrogen and oxygen atoms in total. The molecule has 10 heteroatoms. The summed E-state index contributed by atoms with van der Waals surface area (Å²) in [5.41, 5.74) is 2.07. The Bertz CT molecular complexity index is 1070. The summed E-state index contributed by atoms with van der Waals surface area (Å²) in [6, 6.07) is 11.0. The third kappa shape index (κ3) is 7.25. The smallest absolute Gasteiger partial charge is 0.257 e. The zero-order valence-corrected chi connectivity index (χ0v) is 22.8. The van der Waals surface area contributed by atoms with Gasteiger partial charge in [-0.1, -0.05) is 19.1 Å². The first-order chi connectivity index (χ1) is 17.9. The quantitative estimate of drug-likeness (QED) is 0.446. The number of amides is 2. The number of carbonyl (C=O) groups is 2. The lowest BCUT2D eigenvalue weighted by Gasteiger charge is -2.37. The Kier molecular flexibility index (Phi) is 10.4. The number of thiocarbonyl (C=S) groups is 1. The Hall–Kier alpha value is -3.53. The lowest BCUT2D eigenvalue weighted by atomic mass is 10.1. The number of para-hydroxylation sites is 2. The van der Waals surface area contributed by atoms with Gasteiger partial charge < -0.3 is 29.3 Å². The van der Waals surface area contributed by atoms with E-state index in [9.17, 15) is 9.59 Å². The van der Waals surface area contributed by atoms with Crippen molar-refractivity contribution < 1.29 is 23.8 Å². The summed E-state index contributed by atoms with van der Waals surface area (Å²) in [5, 5.41) is 6.08. The van der Waals surface area contributed by atoms with Crippen molar-refractivity contribution in [3.8, 4) is 17.2 Å². The minimum Gasteiger partial charge on any atom is -0.490 e. The van der Waals surface area contributed by atoms with Crippen LogP contribution in [0.15, 0.2) is 36.4 Å². The van der Waals surface area contributed by atoms with Crippen LogP contribution in [0.5, 0.6) is 17.2 Å². The highest BCUT2D eigenvalue weighted by Crippen LogP contribution is 2.39. The third-order valence-corrected chi connectivity index (χ3v) is 6.03. The zero-order valence-electron chi connectivity index (χ0n) is 22.0. The van der Waals surface area contributed by atoms with Crippen LogP contribution in [-0.4, -0.2) is 67.8 Å². The molecule has 3 rings (SSSR count). The van der Waals surface area contributed by atoms with Gasteiger partial charge in [-0.25, -0.2) is 0 Å². The van der Waals surface area contributed by atoms with E-state index in [0.717, 1.165) is 24.5 Å². The van der Waals surface area contributed by atoms with E-state index in [0.29, 0.717) is 62.1 Å². The Morgan fingerprint density at radius 1 is 0.892 bits per heavy atom. The van der Waals surface area contributed by atoms with Gasteiger partial charge in [-0.15, -0.1) is 0 Å². The molecule has 0 spiro atoms. The van der Waals surface area contributed by atoms with Gasteiger partial charge in [0.15, 0.2) is 16.6 Å². The van der Waals surface area contributed by atoms with Crippen molar-refractivity contribution in [2.75, 3.05) is 56.2 Å². The molecule has 2 aromatic rings. The molecule has 0 aliphatic carbocycles. The topological polar surface area (TPSA) is 92.4 Å². The molecule has 0 saturated carbocycles. The van der Waals surface area contributed by atoms with Crippen molar-refractivity contribution in [1.82, 2.24) is 10.2 Å². The van der Waals surface area contributed by atoms with E-state index in [1.807, 2.05) is 56.9 Å². The lowest BCUT2D eigenvalue weighted by molar-refractivity contribution is -0.131. The van der Waals surface area contributed by atoms with E-state index in [-0.39, 0.29) is 11.0 Å². The summed E-state index contributed by atoms with van der Waals surface area (Å²) in [4.78, 5) is 29.2. The standard InChI is InChI=1S/C27H36N4O5S/c1-5-24(32)31-15-13-30(14-16-31)21-12-10-9-11-20(21)28-27(37)29-26(33)19-17-22(34-6-2)25(36-8-4)23(18-19)35-7-3/h9-12,17-18H,5-8,13-16H2,1-4H3,(H2,28,29,33,37). The van der Waals surface area contributed by atoms with Gasteiger partial charge in [-0.3, -0.25) is 14.9 Å². The summed E-state index contributed by atoms with van der Waals surface area (Å²) in [7, 11) is 0. The van der Waals surface area contributed by atoms with Crippen LogP contribution < -0.4 is 29.7 Å². The number of hydrogen-bond acceptors (Lipinski definition) is 7. The number of piperazine rings is 1. The van der Waals surface area contributed by atoms with E-state index in [1.54, 1.807) is 12.1 Å². The molecule has 2 amide bonds. The highest BCUT2D eigenvalue weighted by molar-refractivity contribution is 7.80.